The number of carboxylic acid groups (broad SMARTS) is 1. The van der Waals surface area contributed by atoms with Crippen molar-refractivity contribution in [3.05, 3.63) is 57.3 Å². The molecule has 4 rings (SSSR count). The van der Waals surface area contributed by atoms with Crippen LogP contribution in [0, 0.1) is 0 Å². The van der Waals surface area contributed by atoms with Gasteiger partial charge in [-0.15, -0.1) is 11.3 Å². The molecule has 31 heavy (non-hydrogen) atoms. The molecule has 1 amide bonds. The highest BCUT2D eigenvalue weighted by Crippen LogP contribution is 2.42. The molecule has 4 aromatic rings. The summed E-state index contributed by atoms with van der Waals surface area (Å²) in [6.45, 7) is -0.674. The van der Waals surface area contributed by atoms with E-state index in [2.05, 4.69) is 15.4 Å². The molecule has 8 nitrogen and oxygen atoms in total. The number of alkyl halides is 3. The van der Waals surface area contributed by atoms with E-state index in [-0.39, 0.29) is 11.2 Å². The molecule has 0 saturated heterocycles. The number of hydrogen-bond donors (Lipinski definition) is 3. The predicted molar refractivity (Wildman–Crippen MR) is 107 cm³/mol. The molecule has 3 N–H and O–H groups in total. The quantitative estimate of drug-likeness (QED) is 0.414. The summed E-state index contributed by atoms with van der Waals surface area (Å²) in [6, 6.07) is 7.01. The molecule has 3 aromatic heterocycles. The van der Waals surface area contributed by atoms with E-state index in [4.69, 9.17) is 5.11 Å². The third kappa shape index (κ3) is 4.01. The molecule has 0 fully saturated rings. The largest absolute Gasteiger partial charge is 0.480 e. The number of carbonyl (C=O) groups excluding carboxylic acids is 1. The molecule has 0 bridgehead atoms. The fourth-order valence-corrected chi connectivity index (χ4v) is 4.95. The van der Waals surface area contributed by atoms with Crippen LogP contribution in [0.2, 0.25) is 0 Å². The number of nitrogens with zero attached hydrogens (tertiary/aromatic N) is 2. The van der Waals surface area contributed by atoms with Gasteiger partial charge in [0.1, 0.15) is 28.3 Å². The minimum absolute atomic E-state index is 0.0358. The maximum Gasteiger partial charge on any atom is 0.425 e. The first-order chi connectivity index (χ1) is 14.6. The normalized spacial score (nSPS) is 11.8. The smallest absolute Gasteiger partial charge is 0.425 e. The van der Waals surface area contributed by atoms with E-state index in [9.17, 15) is 27.6 Å². The van der Waals surface area contributed by atoms with Crippen molar-refractivity contribution in [1.29, 1.82) is 0 Å². The standard InChI is InChI=1S/C18H11F3N4O4S2/c19-18(20,21)12-4-8-10(30-12)2-1-3-11(8)31-13-5-9(26)15(16-23-7-24-25(13)16)17(29)22-6-14(27)28/h1-5,7H,6H2,(H,22,29)(H,23,24)(H,27,28). The minimum Gasteiger partial charge on any atom is -0.480 e. The lowest BCUT2D eigenvalue weighted by molar-refractivity contribution is -0.136. The zero-order chi connectivity index (χ0) is 22.3. The molecule has 0 spiro atoms. The van der Waals surface area contributed by atoms with Gasteiger partial charge in [0.2, 0.25) is 0 Å². The van der Waals surface area contributed by atoms with Crippen LogP contribution in [0.4, 0.5) is 13.2 Å². The molecule has 0 aliphatic heterocycles. The second-order valence-electron chi connectivity index (χ2n) is 6.22. The fraction of sp³-hybridized carbons (Fsp3) is 0.111. The molecule has 0 unspecified atom stereocenters. The van der Waals surface area contributed by atoms with Crippen molar-refractivity contribution in [3.8, 4) is 0 Å². The number of aromatic amines is 1. The molecule has 0 atom stereocenters. The number of rotatable bonds is 5. The Morgan fingerprint density at radius 3 is 2.77 bits per heavy atom. The number of aromatic nitrogens is 3. The summed E-state index contributed by atoms with van der Waals surface area (Å²) in [5.41, 5.74) is -1.09. The van der Waals surface area contributed by atoms with Gasteiger partial charge in [0, 0.05) is 21.0 Å². The Bertz CT molecular complexity index is 1390. The number of carboxylic acids is 1. The molecule has 0 saturated carbocycles. The summed E-state index contributed by atoms with van der Waals surface area (Å²) in [5.74, 6) is -2.18. The second kappa shape index (κ2) is 7.74. The van der Waals surface area contributed by atoms with E-state index >= 15 is 0 Å². The van der Waals surface area contributed by atoms with Crippen LogP contribution < -0.4 is 10.7 Å². The van der Waals surface area contributed by atoms with Gasteiger partial charge in [0.05, 0.1) is 0 Å². The van der Waals surface area contributed by atoms with Crippen molar-refractivity contribution in [2.45, 2.75) is 16.1 Å². The van der Waals surface area contributed by atoms with Gasteiger partial charge >= 0.3 is 12.1 Å². The maximum atomic E-state index is 13.1. The van der Waals surface area contributed by atoms with E-state index in [1.807, 2.05) is 0 Å². The molecular weight excluding hydrogens is 457 g/mol. The first-order valence-corrected chi connectivity index (χ1v) is 10.1. The Hall–Kier alpha value is -3.32. The number of amides is 1. The SMILES string of the molecule is O=C(O)CNC(=O)c1c(=O)cc(Sc2cccc3sc(C(F)(F)F)cc23)n2[nH]cnc12. The first kappa shape index (κ1) is 20.9. The molecular formula is C18H11F3N4O4S2. The lowest BCUT2D eigenvalue weighted by Gasteiger charge is -2.08. The number of thiophene rings is 1. The van der Waals surface area contributed by atoms with Crippen molar-refractivity contribution in [2.24, 2.45) is 0 Å². The van der Waals surface area contributed by atoms with Crippen LogP contribution in [0.5, 0.6) is 0 Å². The number of pyridine rings is 1. The maximum absolute atomic E-state index is 13.1. The average Bonchev–Trinajstić information content (AvgIpc) is 3.33. The Kier molecular flexibility index (Phi) is 5.23. The second-order valence-corrected chi connectivity index (χ2v) is 8.37. The van der Waals surface area contributed by atoms with E-state index in [1.165, 1.54) is 10.8 Å². The third-order valence-electron chi connectivity index (χ3n) is 4.17. The van der Waals surface area contributed by atoms with Gasteiger partial charge in [0.25, 0.3) is 5.91 Å². The number of H-pyrrole nitrogens is 1. The number of hydrogen-bond acceptors (Lipinski definition) is 6. The van der Waals surface area contributed by atoms with Crippen molar-refractivity contribution in [2.75, 3.05) is 6.54 Å². The highest BCUT2D eigenvalue weighted by atomic mass is 32.2. The Labute approximate surface area is 178 Å². The summed E-state index contributed by atoms with van der Waals surface area (Å²) in [4.78, 5) is 39.2. The summed E-state index contributed by atoms with van der Waals surface area (Å²) in [7, 11) is 0. The van der Waals surface area contributed by atoms with Crippen molar-refractivity contribution < 1.29 is 27.9 Å². The Morgan fingerprint density at radius 1 is 1.29 bits per heavy atom. The highest BCUT2D eigenvalue weighted by Gasteiger charge is 2.33. The molecule has 160 valence electrons. The van der Waals surface area contributed by atoms with Crippen LogP contribution in [0.1, 0.15) is 15.2 Å². The molecule has 0 aliphatic carbocycles. The van der Waals surface area contributed by atoms with E-state index in [0.717, 1.165) is 23.9 Å². The van der Waals surface area contributed by atoms with Crippen LogP contribution >= 0.6 is 23.1 Å². The van der Waals surface area contributed by atoms with Gasteiger partial charge in [-0.2, -0.15) is 13.2 Å². The van der Waals surface area contributed by atoms with Crippen molar-refractivity contribution in [3.63, 3.8) is 0 Å². The fourth-order valence-electron chi connectivity index (χ4n) is 2.88. The lowest BCUT2D eigenvalue weighted by atomic mass is 10.2. The summed E-state index contributed by atoms with van der Waals surface area (Å²) in [6.07, 6.45) is -3.23. The number of benzene rings is 1. The average molecular weight is 468 g/mol. The number of halogens is 3. The topological polar surface area (TPSA) is 117 Å². The van der Waals surface area contributed by atoms with E-state index in [1.54, 1.807) is 18.2 Å². The molecule has 0 radical (unpaired) electrons. The van der Waals surface area contributed by atoms with Crippen LogP contribution in [0.3, 0.4) is 0 Å². The molecule has 3 heterocycles. The van der Waals surface area contributed by atoms with Gasteiger partial charge in [0.15, 0.2) is 11.1 Å². The van der Waals surface area contributed by atoms with Gasteiger partial charge in [-0.1, -0.05) is 17.8 Å². The number of nitrogens with one attached hydrogen (secondary N) is 2. The van der Waals surface area contributed by atoms with Crippen LogP contribution in [0.15, 0.2) is 51.4 Å². The number of aliphatic carboxylic acids is 1. The minimum atomic E-state index is -4.47. The monoisotopic (exact) mass is 468 g/mol. The molecule has 1 aromatic carbocycles. The lowest BCUT2D eigenvalue weighted by Crippen LogP contribution is -2.33. The predicted octanol–water partition coefficient (Wildman–Crippen LogP) is 3.22. The van der Waals surface area contributed by atoms with Crippen LogP contribution in [0.25, 0.3) is 15.7 Å². The van der Waals surface area contributed by atoms with Gasteiger partial charge in [-0.05, 0) is 18.2 Å². The summed E-state index contributed by atoms with van der Waals surface area (Å²) in [5, 5.41) is 14.2. The van der Waals surface area contributed by atoms with Crippen molar-refractivity contribution in [1.82, 2.24) is 19.9 Å². The number of carbonyl (C=O) groups is 2. The Morgan fingerprint density at radius 2 is 2.06 bits per heavy atom. The zero-order valence-electron chi connectivity index (χ0n) is 15.2. The van der Waals surface area contributed by atoms with Crippen molar-refractivity contribution >= 4 is 50.7 Å². The van der Waals surface area contributed by atoms with Gasteiger partial charge in [-0.25, -0.2) is 9.50 Å². The van der Waals surface area contributed by atoms with Gasteiger partial charge < -0.3 is 10.4 Å². The molecule has 0 aliphatic rings. The third-order valence-corrected chi connectivity index (χ3v) is 6.40. The highest BCUT2D eigenvalue weighted by molar-refractivity contribution is 7.99. The van der Waals surface area contributed by atoms with E-state index < -0.39 is 34.9 Å². The Balaban J connectivity index is 1.77. The summed E-state index contributed by atoms with van der Waals surface area (Å²) >= 11 is 1.66. The van der Waals surface area contributed by atoms with Gasteiger partial charge in [-0.3, -0.25) is 19.5 Å². The summed E-state index contributed by atoms with van der Waals surface area (Å²) < 4.78 is 41.1. The van der Waals surface area contributed by atoms with Crippen LogP contribution in [-0.4, -0.2) is 38.1 Å². The first-order valence-electron chi connectivity index (χ1n) is 8.52. The van der Waals surface area contributed by atoms with Crippen LogP contribution in [-0.2, 0) is 11.0 Å². The zero-order valence-corrected chi connectivity index (χ0v) is 16.8. The van der Waals surface area contributed by atoms with E-state index in [0.29, 0.717) is 31.3 Å². The number of fused-ring (bicyclic) bond motifs is 2. The molecule has 13 heteroatoms.